The predicted octanol–water partition coefficient (Wildman–Crippen LogP) is 5.82. The van der Waals surface area contributed by atoms with E-state index < -0.39 is 0 Å². The molecule has 0 aromatic rings. The maximum absolute atomic E-state index is 11.3. The van der Waals surface area contributed by atoms with Crippen molar-refractivity contribution in [1.82, 2.24) is 0 Å². The van der Waals surface area contributed by atoms with Gasteiger partial charge in [-0.05, 0) is 25.2 Å². The maximum Gasteiger partial charge on any atom is 0.330 e. The van der Waals surface area contributed by atoms with Crippen LogP contribution in [0.4, 0.5) is 0 Å². The van der Waals surface area contributed by atoms with Crippen LogP contribution in [0.1, 0.15) is 90.4 Å². The van der Waals surface area contributed by atoms with Crippen molar-refractivity contribution in [3.63, 3.8) is 0 Å². The van der Waals surface area contributed by atoms with Crippen LogP contribution in [-0.4, -0.2) is 25.8 Å². The Morgan fingerprint density at radius 1 is 0.833 bits per heavy atom. The predicted molar refractivity (Wildman–Crippen MR) is 100 cm³/mol. The minimum Gasteiger partial charge on any atom is -0.460 e. The van der Waals surface area contributed by atoms with E-state index in [0.29, 0.717) is 19.1 Å². The second-order valence-corrected chi connectivity index (χ2v) is 7.01. The van der Waals surface area contributed by atoms with Gasteiger partial charge in [0.25, 0.3) is 0 Å². The van der Waals surface area contributed by atoms with Crippen LogP contribution in [0.5, 0.6) is 0 Å². The number of hydrogen-bond acceptors (Lipinski definition) is 3. The Balaban J connectivity index is 1.69. The highest BCUT2D eigenvalue weighted by molar-refractivity contribution is 5.81. The zero-order valence-corrected chi connectivity index (χ0v) is 15.8. The van der Waals surface area contributed by atoms with Gasteiger partial charge in [0, 0.05) is 12.7 Å². The molecule has 0 aromatic heterocycles. The summed E-state index contributed by atoms with van der Waals surface area (Å²) >= 11 is 0. The third kappa shape index (κ3) is 14.7. The van der Waals surface area contributed by atoms with Gasteiger partial charge in [0.15, 0.2) is 0 Å². The van der Waals surface area contributed by atoms with Crippen LogP contribution in [0.15, 0.2) is 12.2 Å². The van der Waals surface area contributed by atoms with Gasteiger partial charge in [-0.1, -0.05) is 77.2 Å². The van der Waals surface area contributed by atoms with Crippen molar-refractivity contribution in [1.29, 1.82) is 0 Å². The summed E-state index contributed by atoms with van der Waals surface area (Å²) in [6, 6.07) is 0. The SMILES string of the molecule is CCCCCCCCCCCCCOCCOC(=O)C=CC1CC1. The first-order chi connectivity index (χ1) is 11.8. The minimum absolute atomic E-state index is 0.236. The van der Waals surface area contributed by atoms with E-state index in [0.717, 1.165) is 13.0 Å². The summed E-state index contributed by atoms with van der Waals surface area (Å²) < 4.78 is 10.6. The third-order valence-corrected chi connectivity index (χ3v) is 4.49. The molecule has 1 aliphatic carbocycles. The molecule has 0 aromatic carbocycles. The van der Waals surface area contributed by atoms with Crippen LogP contribution in [0.2, 0.25) is 0 Å². The molecular formula is C21H38O3. The van der Waals surface area contributed by atoms with Gasteiger partial charge >= 0.3 is 5.97 Å². The molecule has 3 heteroatoms. The van der Waals surface area contributed by atoms with Crippen LogP contribution >= 0.6 is 0 Å². The number of unbranched alkanes of at least 4 members (excludes halogenated alkanes) is 10. The Bertz CT molecular complexity index is 321. The molecule has 24 heavy (non-hydrogen) atoms. The fourth-order valence-corrected chi connectivity index (χ4v) is 2.72. The maximum atomic E-state index is 11.3. The molecule has 0 aliphatic heterocycles. The van der Waals surface area contributed by atoms with E-state index in [2.05, 4.69) is 6.92 Å². The molecule has 0 unspecified atom stereocenters. The average molecular weight is 339 g/mol. The molecule has 1 saturated carbocycles. The van der Waals surface area contributed by atoms with E-state index in [1.165, 1.54) is 77.0 Å². The number of carbonyl (C=O) groups excluding carboxylic acids is 1. The molecule has 0 heterocycles. The number of esters is 1. The highest BCUT2D eigenvalue weighted by atomic mass is 16.6. The molecule has 0 atom stereocenters. The Labute approximate surface area is 149 Å². The van der Waals surface area contributed by atoms with Gasteiger partial charge in [-0.25, -0.2) is 4.79 Å². The lowest BCUT2D eigenvalue weighted by molar-refractivity contribution is -0.139. The molecule has 0 radical (unpaired) electrons. The number of ether oxygens (including phenoxy) is 2. The summed E-state index contributed by atoms with van der Waals surface area (Å²) in [5.41, 5.74) is 0. The molecular weight excluding hydrogens is 300 g/mol. The van der Waals surface area contributed by atoms with Crippen LogP contribution in [0.3, 0.4) is 0 Å². The summed E-state index contributed by atoms with van der Waals surface area (Å²) in [6.07, 6.45) is 20.8. The van der Waals surface area contributed by atoms with E-state index in [1.54, 1.807) is 6.08 Å². The lowest BCUT2D eigenvalue weighted by Crippen LogP contribution is -2.09. The zero-order chi connectivity index (χ0) is 17.3. The molecule has 3 nitrogen and oxygen atoms in total. The monoisotopic (exact) mass is 338 g/mol. The van der Waals surface area contributed by atoms with Crippen LogP contribution in [0.25, 0.3) is 0 Å². The topological polar surface area (TPSA) is 35.5 Å². The highest BCUT2D eigenvalue weighted by Gasteiger charge is 2.17. The first-order valence-corrected chi connectivity index (χ1v) is 10.3. The fraction of sp³-hybridized carbons (Fsp3) is 0.857. The standard InChI is InChI=1S/C21H38O3/c1-2-3-4-5-6-7-8-9-10-11-12-17-23-18-19-24-21(22)16-15-20-13-14-20/h15-16,20H,2-14,17-19H2,1H3. The van der Waals surface area contributed by atoms with E-state index in [4.69, 9.17) is 9.47 Å². The molecule has 0 N–H and O–H groups in total. The Morgan fingerprint density at radius 3 is 2.00 bits per heavy atom. The molecule has 1 aliphatic rings. The summed E-state index contributed by atoms with van der Waals surface area (Å²) in [7, 11) is 0. The van der Waals surface area contributed by atoms with E-state index >= 15 is 0 Å². The number of carbonyl (C=O) groups is 1. The smallest absolute Gasteiger partial charge is 0.330 e. The average Bonchev–Trinajstić information content (AvgIpc) is 3.41. The van der Waals surface area contributed by atoms with Gasteiger partial charge in [-0.3, -0.25) is 0 Å². The molecule has 140 valence electrons. The van der Waals surface area contributed by atoms with Gasteiger partial charge in [-0.2, -0.15) is 0 Å². The fourth-order valence-electron chi connectivity index (χ4n) is 2.72. The molecule has 0 spiro atoms. The van der Waals surface area contributed by atoms with Crippen molar-refractivity contribution >= 4 is 5.97 Å². The van der Waals surface area contributed by atoms with Gasteiger partial charge in [0.2, 0.25) is 0 Å². The molecule has 0 amide bonds. The molecule has 1 fully saturated rings. The van der Waals surface area contributed by atoms with Crippen LogP contribution in [-0.2, 0) is 14.3 Å². The quantitative estimate of drug-likeness (QED) is 0.190. The summed E-state index contributed by atoms with van der Waals surface area (Å²) in [5, 5.41) is 0. The lowest BCUT2D eigenvalue weighted by Gasteiger charge is -2.05. The molecule has 0 saturated heterocycles. The van der Waals surface area contributed by atoms with Gasteiger partial charge in [-0.15, -0.1) is 0 Å². The number of allylic oxidation sites excluding steroid dienone is 1. The van der Waals surface area contributed by atoms with Crippen LogP contribution < -0.4 is 0 Å². The van der Waals surface area contributed by atoms with Crippen LogP contribution in [0, 0.1) is 5.92 Å². The Morgan fingerprint density at radius 2 is 1.42 bits per heavy atom. The lowest BCUT2D eigenvalue weighted by atomic mass is 10.1. The van der Waals surface area contributed by atoms with Gasteiger partial charge < -0.3 is 9.47 Å². The Kier molecular flexibility index (Phi) is 13.9. The highest BCUT2D eigenvalue weighted by Crippen LogP contribution is 2.29. The van der Waals surface area contributed by atoms with Crippen molar-refractivity contribution < 1.29 is 14.3 Å². The van der Waals surface area contributed by atoms with Crippen molar-refractivity contribution in [2.45, 2.75) is 90.4 Å². The molecule has 0 bridgehead atoms. The second kappa shape index (κ2) is 15.7. The summed E-state index contributed by atoms with van der Waals surface area (Å²) in [6.45, 7) is 3.93. The third-order valence-electron chi connectivity index (χ3n) is 4.49. The van der Waals surface area contributed by atoms with E-state index in [1.807, 2.05) is 6.08 Å². The second-order valence-electron chi connectivity index (χ2n) is 7.01. The zero-order valence-electron chi connectivity index (χ0n) is 15.8. The van der Waals surface area contributed by atoms with Gasteiger partial charge in [0.1, 0.15) is 6.61 Å². The minimum atomic E-state index is -0.236. The van der Waals surface area contributed by atoms with E-state index in [-0.39, 0.29) is 5.97 Å². The van der Waals surface area contributed by atoms with E-state index in [9.17, 15) is 4.79 Å². The summed E-state index contributed by atoms with van der Waals surface area (Å²) in [4.78, 5) is 11.3. The van der Waals surface area contributed by atoms with Gasteiger partial charge in [0.05, 0.1) is 6.61 Å². The van der Waals surface area contributed by atoms with Crippen molar-refractivity contribution in [3.8, 4) is 0 Å². The number of rotatable bonds is 17. The Hall–Kier alpha value is -0.830. The van der Waals surface area contributed by atoms with Crippen molar-refractivity contribution in [2.75, 3.05) is 19.8 Å². The first-order valence-electron chi connectivity index (χ1n) is 10.3. The largest absolute Gasteiger partial charge is 0.460 e. The molecule has 1 rings (SSSR count). The number of hydrogen-bond donors (Lipinski definition) is 0. The summed E-state index contributed by atoms with van der Waals surface area (Å²) in [5.74, 6) is 0.384. The van der Waals surface area contributed by atoms with Crippen molar-refractivity contribution in [3.05, 3.63) is 12.2 Å². The first kappa shape index (κ1) is 21.2. The van der Waals surface area contributed by atoms with Crippen molar-refractivity contribution in [2.24, 2.45) is 5.92 Å². The normalized spacial score (nSPS) is 14.4.